The summed E-state index contributed by atoms with van der Waals surface area (Å²) >= 11 is 0. The Labute approximate surface area is 75.8 Å². The molecule has 0 aliphatic rings. The Hall–Kier alpha value is -1.46. The molecule has 0 radical (unpaired) electrons. The molecular formula is C7H13N3O3. The molecule has 1 atom stereocenters. The molecule has 0 saturated heterocycles. The number of carboxylic acid groups (broad SMARTS) is 1. The standard InChI is InChI=1S/C7H13N3O3/c1-5(11)3-2-4-6(7(12)13)9-10-8/h6H,2-4H2,1H3,(H2,8,9)(H,12,13)/t6-/m0/s1. The van der Waals surface area contributed by atoms with E-state index in [0.717, 1.165) is 0 Å². The maximum absolute atomic E-state index is 10.5. The van der Waals surface area contributed by atoms with Crippen molar-refractivity contribution >= 4 is 11.8 Å². The molecule has 0 aromatic rings. The van der Waals surface area contributed by atoms with Crippen molar-refractivity contribution in [2.75, 3.05) is 0 Å². The van der Waals surface area contributed by atoms with Crippen molar-refractivity contribution in [2.45, 2.75) is 32.2 Å². The van der Waals surface area contributed by atoms with Crippen LogP contribution in [0.1, 0.15) is 26.2 Å². The van der Waals surface area contributed by atoms with E-state index >= 15 is 0 Å². The van der Waals surface area contributed by atoms with Crippen LogP contribution in [0, 0.1) is 0 Å². The largest absolute Gasteiger partial charge is 0.480 e. The third-order valence-corrected chi connectivity index (χ3v) is 1.50. The lowest BCUT2D eigenvalue weighted by Gasteiger charge is -2.03. The topological polar surface area (TPSA) is 105 Å². The summed E-state index contributed by atoms with van der Waals surface area (Å²) < 4.78 is 0. The Morgan fingerprint density at radius 1 is 1.54 bits per heavy atom. The molecule has 74 valence electrons. The normalized spacial score (nSPS) is 13.0. The summed E-state index contributed by atoms with van der Waals surface area (Å²) in [6, 6.07) is -0.927. The highest BCUT2D eigenvalue weighted by molar-refractivity contribution is 5.76. The van der Waals surface area contributed by atoms with Gasteiger partial charge in [-0.05, 0) is 19.8 Å². The Bertz CT molecular complexity index is 215. The summed E-state index contributed by atoms with van der Waals surface area (Å²) in [6.07, 6.45) is 1.14. The van der Waals surface area contributed by atoms with Crippen LogP contribution in [0.4, 0.5) is 0 Å². The number of carboxylic acids is 1. The van der Waals surface area contributed by atoms with Crippen LogP contribution in [-0.2, 0) is 9.59 Å². The Kier molecular flexibility index (Phi) is 5.42. The number of nitrogens with two attached hydrogens (primary N) is 1. The lowest BCUT2D eigenvalue weighted by atomic mass is 10.1. The summed E-state index contributed by atoms with van der Waals surface area (Å²) in [5.74, 6) is 3.69. The summed E-state index contributed by atoms with van der Waals surface area (Å²) in [5, 5.41) is 14.8. The van der Waals surface area contributed by atoms with Gasteiger partial charge < -0.3 is 15.7 Å². The zero-order valence-electron chi connectivity index (χ0n) is 7.43. The van der Waals surface area contributed by atoms with E-state index in [1.54, 1.807) is 0 Å². The molecule has 13 heavy (non-hydrogen) atoms. The van der Waals surface area contributed by atoms with Gasteiger partial charge in [-0.1, -0.05) is 5.22 Å². The lowest BCUT2D eigenvalue weighted by Crippen LogP contribution is -2.17. The van der Waals surface area contributed by atoms with Crippen LogP contribution in [0.5, 0.6) is 0 Å². The Balaban J connectivity index is 3.83. The number of hydrogen-bond donors (Lipinski definition) is 2. The number of Topliss-reactive ketones (excluding diaryl/α,β-unsaturated/α-hetero) is 1. The number of nitrogens with zero attached hydrogens (tertiary/aromatic N) is 2. The smallest absolute Gasteiger partial charge is 0.330 e. The summed E-state index contributed by atoms with van der Waals surface area (Å²) in [7, 11) is 0. The van der Waals surface area contributed by atoms with E-state index in [4.69, 9.17) is 10.9 Å². The molecule has 0 saturated carbocycles. The van der Waals surface area contributed by atoms with Crippen LogP contribution in [0.2, 0.25) is 0 Å². The van der Waals surface area contributed by atoms with Gasteiger partial charge in [0.15, 0.2) is 6.04 Å². The number of ketones is 1. The van der Waals surface area contributed by atoms with E-state index in [2.05, 4.69) is 10.3 Å². The van der Waals surface area contributed by atoms with Gasteiger partial charge in [-0.2, -0.15) is 5.11 Å². The van der Waals surface area contributed by atoms with Crippen molar-refractivity contribution < 1.29 is 14.7 Å². The lowest BCUT2D eigenvalue weighted by molar-refractivity contribution is -0.138. The average molecular weight is 187 g/mol. The second-order valence-corrected chi connectivity index (χ2v) is 2.68. The molecule has 0 aliphatic heterocycles. The molecule has 0 bridgehead atoms. The van der Waals surface area contributed by atoms with Crippen LogP contribution in [0.25, 0.3) is 0 Å². The predicted molar refractivity (Wildman–Crippen MR) is 45.0 cm³/mol. The van der Waals surface area contributed by atoms with Crippen LogP contribution in [0.15, 0.2) is 10.3 Å². The molecule has 0 amide bonds. The third kappa shape index (κ3) is 5.77. The molecule has 0 aromatic heterocycles. The average Bonchev–Trinajstić information content (AvgIpc) is 2.02. The monoisotopic (exact) mass is 187 g/mol. The number of hydrogen-bond acceptors (Lipinski definition) is 4. The molecule has 0 aromatic carbocycles. The molecule has 0 spiro atoms. The van der Waals surface area contributed by atoms with Gasteiger partial charge in [0.05, 0.1) is 0 Å². The van der Waals surface area contributed by atoms with Crippen LogP contribution < -0.4 is 5.84 Å². The fourth-order valence-electron chi connectivity index (χ4n) is 0.855. The quantitative estimate of drug-likeness (QED) is 0.359. The maximum Gasteiger partial charge on any atom is 0.330 e. The van der Waals surface area contributed by atoms with Crippen molar-refractivity contribution in [1.82, 2.24) is 0 Å². The van der Waals surface area contributed by atoms with Crippen molar-refractivity contribution in [2.24, 2.45) is 16.2 Å². The van der Waals surface area contributed by atoms with Crippen molar-refractivity contribution in [3.8, 4) is 0 Å². The third-order valence-electron chi connectivity index (χ3n) is 1.50. The molecule has 3 N–H and O–H groups in total. The maximum atomic E-state index is 10.5. The van der Waals surface area contributed by atoms with E-state index in [1.165, 1.54) is 6.92 Å². The van der Waals surface area contributed by atoms with E-state index in [-0.39, 0.29) is 12.2 Å². The van der Waals surface area contributed by atoms with Gasteiger partial charge in [0, 0.05) is 6.42 Å². The molecule has 6 nitrogen and oxygen atoms in total. The van der Waals surface area contributed by atoms with Crippen molar-refractivity contribution in [3.05, 3.63) is 0 Å². The second-order valence-electron chi connectivity index (χ2n) is 2.68. The summed E-state index contributed by atoms with van der Waals surface area (Å²) in [4.78, 5) is 21.0. The number of carbonyl (C=O) groups excluding carboxylic acids is 1. The highest BCUT2D eigenvalue weighted by Crippen LogP contribution is 2.05. The van der Waals surface area contributed by atoms with Gasteiger partial charge in [0.1, 0.15) is 5.78 Å². The Morgan fingerprint density at radius 2 is 2.15 bits per heavy atom. The molecule has 0 rings (SSSR count). The number of rotatable bonds is 6. The van der Waals surface area contributed by atoms with E-state index < -0.39 is 12.0 Å². The van der Waals surface area contributed by atoms with Gasteiger partial charge in [-0.25, -0.2) is 4.79 Å². The Morgan fingerprint density at radius 3 is 2.54 bits per heavy atom. The SMILES string of the molecule is CC(=O)CCC[C@H](N=NN)C(=O)O. The fraction of sp³-hybridized carbons (Fsp3) is 0.714. The number of aliphatic carboxylic acids is 1. The molecule has 0 unspecified atom stereocenters. The first-order chi connectivity index (χ1) is 6.07. The zero-order chi connectivity index (χ0) is 10.3. The first-order valence-corrected chi connectivity index (χ1v) is 3.90. The minimum Gasteiger partial charge on any atom is -0.480 e. The predicted octanol–water partition coefficient (Wildman–Crippen LogP) is 0.525. The minimum absolute atomic E-state index is 0.0360. The molecule has 6 heteroatoms. The fourth-order valence-corrected chi connectivity index (χ4v) is 0.855. The molecule has 0 aliphatic carbocycles. The van der Waals surface area contributed by atoms with E-state index in [0.29, 0.717) is 12.8 Å². The number of carbonyl (C=O) groups is 2. The zero-order valence-corrected chi connectivity index (χ0v) is 7.43. The first-order valence-electron chi connectivity index (χ1n) is 3.90. The highest BCUT2D eigenvalue weighted by Gasteiger charge is 2.15. The molecular weight excluding hydrogens is 174 g/mol. The van der Waals surface area contributed by atoms with Crippen LogP contribution >= 0.6 is 0 Å². The van der Waals surface area contributed by atoms with Gasteiger partial charge in [0.25, 0.3) is 0 Å². The van der Waals surface area contributed by atoms with Crippen LogP contribution in [0.3, 0.4) is 0 Å². The summed E-state index contributed by atoms with van der Waals surface area (Å²) in [6.45, 7) is 1.46. The van der Waals surface area contributed by atoms with Crippen LogP contribution in [-0.4, -0.2) is 22.9 Å². The van der Waals surface area contributed by atoms with Gasteiger partial charge in [0.2, 0.25) is 0 Å². The van der Waals surface area contributed by atoms with E-state index in [9.17, 15) is 9.59 Å². The molecule has 0 heterocycles. The van der Waals surface area contributed by atoms with Crippen molar-refractivity contribution in [1.29, 1.82) is 0 Å². The second kappa shape index (κ2) is 6.10. The van der Waals surface area contributed by atoms with E-state index in [1.807, 2.05) is 0 Å². The van der Waals surface area contributed by atoms with Gasteiger partial charge in [-0.3, -0.25) is 0 Å². The van der Waals surface area contributed by atoms with Crippen molar-refractivity contribution in [3.63, 3.8) is 0 Å². The minimum atomic E-state index is -1.07. The van der Waals surface area contributed by atoms with Gasteiger partial charge >= 0.3 is 5.97 Å². The molecule has 0 fully saturated rings. The summed E-state index contributed by atoms with van der Waals surface area (Å²) in [5.41, 5.74) is 0. The highest BCUT2D eigenvalue weighted by atomic mass is 16.4. The van der Waals surface area contributed by atoms with Gasteiger partial charge in [-0.15, -0.1) is 0 Å². The first kappa shape index (κ1) is 11.5.